The summed E-state index contributed by atoms with van der Waals surface area (Å²) in [5.41, 5.74) is 0. The smallest absolute Gasteiger partial charge is 0.324 e. The summed E-state index contributed by atoms with van der Waals surface area (Å²) >= 11 is 5.43. The Morgan fingerprint density at radius 3 is 2.69 bits per heavy atom. The molecule has 13 heavy (non-hydrogen) atoms. The van der Waals surface area contributed by atoms with E-state index in [0.29, 0.717) is 6.61 Å². The zero-order chi connectivity index (χ0) is 10.1. The van der Waals surface area contributed by atoms with Crippen molar-refractivity contribution in [2.24, 2.45) is 0 Å². The summed E-state index contributed by atoms with van der Waals surface area (Å²) in [7, 11) is 0. The fourth-order valence-corrected chi connectivity index (χ4v) is 0.978. The average Bonchev–Trinajstić information content (AvgIpc) is 2.10. The summed E-state index contributed by atoms with van der Waals surface area (Å²) in [5, 5.41) is 7.50. The Morgan fingerprint density at radius 1 is 1.46 bits per heavy atom. The lowest BCUT2D eigenvalue weighted by Gasteiger charge is -2.05. The Morgan fingerprint density at radius 2 is 2.15 bits per heavy atom. The van der Waals surface area contributed by atoms with E-state index in [0.717, 1.165) is 12.8 Å². The standard InChI is InChI=1S/C9H17ClO3/c1-2-3-4-5-6-13-7-8(10)9(11)12/h8H,2-7H2,1H3,(H,11,12). The SMILES string of the molecule is CCCCCCOCC(Cl)C(=O)O. The maximum absolute atomic E-state index is 10.3. The molecule has 0 aromatic heterocycles. The van der Waals surface area contributed by atoms with Crippen LogP contribution in [0.2, 0.25) is 0 Å². The van der Waals surface area contributed by atoms with Crippen molar-refractivity contribution in [3.05, 3.63) is 0 Å². The van der Waals surface area contributed by atoms with E-state index in [2.05, 4.69) is 6.92 Å². The molecular weight excluding hydrogens is 192 g/mol. The molecule has 0 spiro atoms. The Hall–Kier alpha value is -0.280. The zero-order valence-electron chi connectivity index (χ0n) is 7.96. The number of hydrogen-bond donors (Lipinski definition) is 1. The molecule has 0 saturated heterocycles. The predicted molar refractivity (Wildman–Crippen MR) is 52.2 cm³/mol. The van der Waals surface area contributed by atoms with Crippen LogP contribution in [-0.2, 0) is 9.53 Å². The Labute approximate surface area is 84.0 Å². The van der Waals surface area contributed by atoms with Gasteiger partial charge in [0.2, 0.25) is 0 Å². The van der Waals surface area contributed by atoms with Crippen molar-refractivity contribution in [3.63, 3.8) is 0 Å². The van der Waals surface area contributed by atoms with Crippen LogP contribution in [0.1, 0.15) is 32.6 Å². The molecule has 1 unspecified atom stereocenters. The second-order valence-electron chi connectivity index (χ2n) is 2.94. The van der Waals surface area contributed by atoms with Gasteiger partial charge in [-0.05, 0) is 6.42 Å². The van der Waals surface area contributed by atoms with Crippen LogP contribution in [0, 0.1) is 0 Å². The molecule has 0 aromatic carbocycles. The summed E-state index contributed by atoms with van der Waals surface area (Å²) in [4.78, 5) is 10.3. The number of halogens is 1. The van der Waals surface area contributed by atoms with Gasteiger partial charge in [-0.15, -0.1) is 11.6 Å². The number of hydrogen-bond acceptors (Lipinski definition) is 2. The van der Waals surface area contributed by atoms with Crippen molar-refractivity contribution in [1.29, 1.82) is 0 Å². The highest BCUT2D eigenvalue weighted by atomic mass is 35.5. The minimum absolute atomic E-state index is 0.100. The van der Waals surface area contributed by atoms with Gasteiger partial charge in [-0.1, -0.05) is 26.2 Å². The van der Waals surface area contributed by atoms with Gasteiger partial charge in [0.1, 0.15) is 0 Å². The zero-order valence-corrected chi connectivity index (χ0v) is 8.72. The fraction of sp³-hybridized carbons (Fsp3) is 0.889. The van der Waals surface area contributed by atoms with Crippen LogP contribution >= 0.6 is 11.6 Å². The van der Waals surface area contributed by atoms with E-state index >= 15 is 0 Å². The molecule has 0 aromatic rings. The van der Waals surface area contributed by atoms with E-state index in [1.807, 2.05) is 0 Å². The van der Waals surface area contributed by atoms with Crippen molar-refractivity contribution in [2.75, 3.05) is 13.2 Å². The summed E-state index contributed by atoms with van der Waals surface area (Å²) in [5.74, 6) is -1.02. The number of rotatable bonds is 8. The van der Waals surface area contributed by atoms with Gasteiger partial charge in [0.15, 0.2) is 5.38 Å². The molecule has 0 saturated carbocycles. The van der Waals surface area contributed by atoms with Gasteiger partial charge in [0.05, 0.1) is 6.61 Å². The second kappa shape index (κ2) is 8.32. The van der Waals surface area contributed by atoms with E-state index in [9.17, 15) is 4.79 Å². The van der Waals surface area contributed by atoms with E-state index in [4.69, 9.17) is 21.4 Å². The lowest BCUT2D eigenvalue weighted by atomic mass is 10.2. The van der Waals surface area contributed by atoms with Gasteiger partial charge in [-0.25, -0.2) is 0 Å². The number of carboxylic acid groups (broad SMARTS) is 1. The molecule has 0 aliphatic heterocycles. The molecule has 1 N–H and O–H groups in total. The van der Waals surface area contributed by atoms with E-state index < -0.39 is 11.3 Å². The number of unbranched alkanes of at least 4 members (excludes halogenated alkanes) is 3. The number of carboxylic acids is 1. The van der Waals surface area contributed by atoms with Crippen molar-refractivity contribution in [3.8, 4) is 0 Å². The van der Waals surface area contributed by atoms with Crippen LogP contribution in [0.5, 0.6) is 0 Å². The predicted octanol–water partition coefficient (Wildman–Crippen LogP) is 2.28. The fourth-order valence-electron chi connectivity index (χ4n) is 0.889. The number of carbonyl (C=O) groups is 1. The monoisotopic (exact) mass is 208 g/mol. The number of alkyl halides is 1. The molecule has 0 fully saturated rings. The first-order valence-corrected chi connectivity index (χ1v) is 5.06. The lowest BCUT2D eigenvalue weighted by Crippen LogP contribution is -2.19. The first-order chi connectivity index (χ1) is 6.18. The molecule has 0 aliphatic rings. The Kier molecular flexibility index (Phi) is 8.14. The van der Waals surface area contributed by atoms with Crippen molar-refractivity contribution >= 4 is 17.6 Å². The summed E-state index contributed by atoms with van der Waals surface area (Å²) in [6.45, 7) is 2.85. The molecule has 3 nitrogen and oxygen atoms in total. The van der Waals surface area contributed by atoms with E-state index in [1.54, 1.807) is 0 Å². The molecular formula is C9H17ClO3. The minimum Gasteiger partial charge on any atom is -0.480 e. The Balaban J connectivity index is 3.11. The van der Waals surface area contributed by atoms with Crippen LogP contribution in [-0.4, -0.2) is 29.7 Å². The summed E-state index contributed by atoms with van der Waals surface area (Å²) in [6.07, 6.45) is 4.51. The Bertz CT molecular complexity index is 139. The van der Waals surface area contributed by atoms with Crippen LogP contribution < -0.4 is 0 Å². The normalized spacial score (nSPS) is 12.8. The molecule has 78 valence electrons. The number of ether oxygens (including phenoxy) is 1. The van der Waals surface area contributed by atoms with Gasteiger partial charge in [-0.3, -0.25) is 4.79 Å². The highest BCUT2D eigenvalue weighted by molar-refractivity contribution is 6.29. The van der Waals surface area contributed by atoms with Gasteiger partial charge in [0, 0.05) is 6.61 Å². The van der Waals surface area contributed by atoms with Crippen LogP contribution in [0.3, 0.4) is 0 Å². The van der Waals surface area contributed by atoms with Crippen molar-refractivity contribution in [2.45, 2.75) is 38.0 Å². The first-order valence-electron chi connectivity index (χ1n) is 4.63. The van der Waals surface area contributed by atoms with Crippen LogP contribution in [0.25, 0.3) is 0 Å². The van der Waals surface area contributed by atoms with E-state index in [-0.39, 0.29) is 6.61 Å². The summed E-state index contributed by atoms with van der Waals surface area (Å²) in [6, 6.07) is 0. The third kappa shape index (κ3) is 8.06. The molecule has 0 heterocycles. The maximum atomic E-state index is 10.3. The molecule has 0 rings (SSSR count). The highest BCUT2D eigenvalue weighted by Crippen LogP contribution is 2.01. The van der Waals surface area contributed by atoms with Gasteiger partial charge < -0.3 is 9.84 Å². The third-order valence-corrected chi connectivity index (χ3v) is 1.99. The molecule has 0 aliphatic carbocycles. The molecule has 4 heteroatoms. The first kappa shape index (κ1) is 12.7. The van der Waals surface area contributed by atoms with Gasteiger partial charge >= 0.3 is 5.97 Å². The van der Waals surface area contributed by atoms with Crippen LogP contribution in [0.15, 0.2) is 0 Å². The highest BCUT2D eigenvalue weighted by Gasteiger charge is 2.12. The third-order valence-electron chi connectivity index (χ3n) is 1.67. The van der Waals surface area contributed by atoms with Gasteiger partial charge in [0.25, 0.3) is 0 Å². The van der Waals surface area contributed by atoms with Crippen molar-refractivity contribution in [1.82, 2.24) is 0 Å². The average molecular weight is 209 g/mol. The largest absolute Gasteiger partial charge is 0.480 e. The quantitative estimate of drug-likeness (QED) is 0.492. The van der Waals surface area contributed by atoms with Crippen molar-refractivity contribution < 1.29 is 14.6 Å². The lowest BCUT2D eigenvalue weighted by molar-refractivity contribution is -0.137. The van der Waals surface area contributed by atoms with E-state index in [1.165, 1.54) is 12.8 Å². The molecule has 1 atom stereocenters. The maximum Gasteiger partial charge on any atom is 0.324 e. The number of aliphatic carboxylic acids is 1. The van der Waals surface area contributed by atoms with Crippen LogP contribution in [0.4, 0.5) is 0 Å². The second-order valence-corrected chi connectivity index (χ2v) is 3.47. The minimum atomic E-state index is -1.02. The molecule has 0 amide bonds. The summed E-state index contributed by atoms with van der Waals surface area (Å²) < 4.78 is 5.09. The molecule has 0 bridgehead atoms. The molecule has 0 radical (unpaired) electrons. The topological polar surface area (TPSA) is 46.5 Å². The van der Waals surface area contributed by atoms with Gasteiger partial charge in [-0.2, -0.15) is 0 Å².